The third kappa shape index (κ3) is 59.7. The monoisotopic (exact) mass is 2170 g/mol. The number of alkyl halides is 12. The Kier molecular flexibility index (Phi) is 59.9. The van der Waals surface area contributed by atoms with Gasteiger partial charge in [0.15, 0.2) is 19.7 Å². The third-order valence-corrected chi connectivity index (χ3v) is 23.1. The molecule has 0 heterocycles. The minimum atomic E-state index is -4.66. The van der Waals surface area contributed by atoms with Crippen molar-refractivity contribution < 1.29 is 101 Å². The summed E-state index contributed by atoms with van der Waals surface area (Å²) < 4.78 is 273. The van der Waals surface area contributed by atoms with Gasteiger partial charge in [0.25, 0.3) is 0 Å². The molecule has 10 rings (SSSR count). The van der Waals surface area contributed by atoms with Gasteiger partial charge >= 0.3 is 23.7 Å². The van der Waals surface area contributed by atoms with Crippen molar-refractivity contribution in [3.63, 3.8) is 0 Å². The van der Waals surface area contributed by atoms with Crippen molar-refractivity contribution in [1.82, 2.24) is 4.72 Å². The summed E-state index contributed by atoms with van der Waals surface area (Å²) in [5, 5.41) is 9.48. The predicted octanol–water partition coefficient (Wildman–Crippen LogP) is 22.0. The van der Waals surface area contributed by atoms with Crippen LogP contribution in [0, 0.1) is 0 Å². The zero-order chi connectivity index (χ0) is 100. The zero-order valence-electron chi connectivity index (χ0n) is 69.7. The van der Waals surface area contributed by atoms with Gasteiger partial charge in [0.2, 0.25) is 20.0 Å². The Bertz CT molecular complexity index is 5640. The summed E-state index contributed by atoms with van der Waals surface area (Å²) >= 11 is 45.7. The number of aliphatic imine (C=N–C) groups is 2. The molecule has 0 bridgehead atoms. The second-order valence-electron chi connectivity index (χ2n) is 25.0. The Hall–Kier alpha value is -8.71. The smallest absolute Gasteiger partial charge is 0.497 e. The molecule has 3 N–H and O–H groups in total. The molecule has 714 valence electrons. The molecule has 0 atom stereocenters. The van der Waals surface area contributed by atoms with E-state index in [9.17, 15) is 86.4 Å². The van der Waals surface area contributed by atoms with Gasteiger partial charge in [-0.05, 0) is 238 Å². The summed E-state index contributed by atoms with van der Waals surface area (Å²) in [6.07, 6.45) is -4.89. The van der Waals surface area contributed by atoms with E-state index in [-0.39, 0.29) is 67.7 Å². The van der Waals surface area contributed by atoms with Gasteiger partial charge in [-0.15, -0.1) is 38.1 Å². The fourth-order valence-electron chi connectivity index (χ4n) is 8.98. The SMILES string of the molecule is CNS(=O)(=O)c1ccc(CN=S)cc1.COc1cccc(CN=C=S)c1.CS(=O)(=O)c1ccc(CN=C=S)cc1.CS(=O)(=O)c1ccc(CN=S)cc1.CSc1ccc(CN=S)cc1.FC(F)(F)Oc1ccc(CN=S)cc1.FC(F)(F)Oc1cccc(CN=S)c1.FC(F)(F)Sc1ccc(CN=S)cc1.FC(F)(F)Sc1cccc(CN=S)c1.NS(=O)(=O)c1ccc(CN=S)cc1. The number of primary sulfonamides is 1. The molecule has 10 aromatic rings. The number of sulfonamides is 2. The minimum absolute atomic E-state index is 0.0978. The minimum Gasteiger partial charge on any atom is -0.497 e. The van der Waals surface area contributed by atoms with E-state index in [1.165, 1.54) is 121 Å². The van der Waals surface area contributed by atoms with E-state index >= 15 is 0 Å². The number of isothiocyanates is 2. The molecule has 0 spiro atoms. The van der Waals surface area contributed by atoms with Crippen LogP contribution in [0.5, 0.6) is 17.2 Å². The van der Waals surface area contributed by atoms with Gasteiger partial charge in [-0.2, -0.15) is 26.3 Å². The Balaban J connectivity index is 0.000000739. The number of nitrogens with two attached hydrogens (primary N) is 1. The molecule has 0 aromatic heterocycles. The van der Waals surface area contributed by atoms with Crippen molar-refractivity contribution in [2.24, 2.45) is 50.0 Å². The highest BCUT2D eigenvalue weighted by atomic mass is 32.2. The summed E-state index contributed by atoms with van der Waals surface area (Å²) in [7, 11) is -10.1. The molecule has 0 saturated heterocycles. The molecular formula is C81H78F12N12O11S17. The molecule has 133 heavy (non-hydrogen) atoms. The van der Waals surface area contributed by atoms with Crippen LogP contribution < -0.4 is 24.1 Å². The van der Waals surface area contributed by atoms with Crippen LogP contribution in [0.15, 0.2) is 322 Å². The maximum atomic E-state index is 12.0. The molecule has 0 unspecified atom stereocenters. The maximum Gasteiger partial charge on any atom is 0.573 e. The van der Waals surface area contributed by atoms with Gasteiger partial charge in [-0.25, -0.2) is 88.4 Å². The van der Waals surface area contributed by atoms with Crippen LogP contribution in [-0.2, 0) is 205 Å². The number of ether oxygens (including phenoxy) is 3. The van der Waals surface area contributed by atoms with E-state index in [0.29, 0.717) is 73.3 Å². The van der Waals surface area contributed by atoms with Gasteiger partial charge in [-0.1, -0.05) is 121 Å². The second-order valence-corrected chi connectivity index (χ2v) is 38.0. The van der Waals surface area contributed by atoms with Gasteiger partial charge < -0.3 is 14.2 Å². The molecule has 0 fully saturated rings. The van der Waals surface area contributed by atoms with Crippen molar-refractivity contribution in [3.05, 3.63) is 298 Å². The van der Waals surface area contributed by atoms with E-state index in [1.807, 2.05) is 24.3 Å². The van der Waals surface area contributed by atoms with E-state index in [4.69, 9.17) is 9.88 Å². The highest BCUT2D eigenvalue weighted by molar-refractivity contribution is 8.00. The fraction of sp³-hybridized carbons (Fsp3) is 0.235. The van der Waals surface area contributed by atoms with Gasteiger partial charge in [0.05, 0.1) is 102 Å². The molecule has 23 nitrogen and oxygen atoms in total. The number of benzene rings is 10. The molecule has 10 aromatic carbocycles. The van der Waals surface area contributed by atoms with Crippen LogP contribution in [0.4, 0.5) is 52.7 Å². The second kappa shape index (κ2) is 65.1. The molecule has 0 amide bonds. The number of rotatable bonds is 31. The lowest BCUT2D eigenvalue weighted by Gasteiger charge is -2.08. The summed E-state index contributed by atoms with van der Waals surface area (Å²) in [5.41, 5.74) is 0.198. The number of hydrogen-bond acceptors (Lipinski definition) is 34. The quantitative estimate of drug-likeness (QED) is 0.0176. The summed E-state index contributed by atoms with van der Waals surface area (Å²) in [6.45, 7) is 4.05. The summed E-state index contributed by atoms with van der Waals surface area (Å²) in [5.74, 6) is 0.339. The largest absolute Gasteiger partial charge is 0.573 e. The number of hydrogen-bond donors (Lipinski definition) is 2. The Morgan fingerprint density at radius 3 is 0.925 bits per heavy atom. The number of sulfone groups is 2. The molecule has 0 aliphatic heterocycles. The number of nitrogens with zero attached hydrogens (tertiary/aromatic N) is 10. The number of thiocarbonyl (C=S) groups is 2. The highest BCUT2D eigenvalue weighted by Crippen LogP contribution is 2.38. The van der Waals surface area contributed by atoms with Gasteiger partial charge in [-0.3, -0.25) is 0 Å². The van der Waals surface area contributed by atoms with Crippen LogP contribution in [0.1, 0.15) is 55.6 Å². The Labute approximate surface area is 828 Å². The zero-order valence-corrected chi connectivity index (χ0v) is 83.6. The van der Waals surface area contributed by atoms with Crippen molar-refractivity contribution in [2.45, 2.75) is 123 Å². The summed E-state index contributed by atoms with van der Waals surface area (Å²) in [6, 6.07) is 64.7. The average molecular weight is 2170 g/mol. The maximum absolute atomic E-state index is 12.0. The lowest BCUT2D eigenvalue weighted by atomic mass is 10.2. The topological polar surface area (TPSA) is 326 Å². The third-order valence-electron chi connectivity index (χ3n) is 15.0. The molecule has 52 heteroatoms. The average Bonchev–Trinajstić information content (AvgIpc) is 0.816. The number of thioether (sulfide) groups is 3. The molecular weight excluding hydrogens is 2090 g/mol. The van der Waals surface area contributed by atoms with Crippen molar-refractivity contribution in [1.29, 1.82) is 0 Å². The van der Waals surface area contributed by atoms with Crippen LogP contribution in [0.3, 0.4) is 0 Å². The molecule has 0 aliphatic rings. The normalized spacial score (nSPS) is 10.8. The summed E-state index contributed by atoms with van der Waals surface area (Å²) in [4.78, 5) is 10.2. The lowest BCUT2D eigenvalue weighted by Crippen LogP contribution is -2.18. The number of nitrogens with one attached hydrogen (secondary N) is 1. The Morgan fingerprint density at radius 2 is 0.609 bits per heavy atom. The molecule has 0 saturated carbocycles. The van der Waals surface area contributed by atoms with E-state index in [1.54, 1.807) is 122 Å². The van der Waals surface area contributed by atoms with Crippen LogP contribution in [-0.4, -0.2) is 101 Å². The van der Waals surface area contributed by atoms with E-state index < -0.39 is 63.5 Å². The van der Waals surface area contributed by atoms with Crippen molar-refractivity contribution in [3.8, 4) is 17.2 Å². The fourth-order valence-corrected chi connectivity index (χ4v) is 14.4. The first-order valence-electron chi connectivity index (χ1n) is 36.3. The molecule has 0 radical (unpaired) electrons. The van der Waals surface area contributed by atoms with Crippen LogP contribution in [0.2, 0.25) is 0 Å². The van der Waals surface area contributed by atoms with E-state index in [0.717, 1.165) is 44.7 Å². The number of halogens is 12. The molecule has 0 aliphatic carbocycles. The first-order valence-corrected chi connectivity index (χ1v) is 49.7. The lowest BCUT2D eigenvalue weighted by molar-refractivity contribution is -0.275. The van der Waals surface area contributed by atoms with Crippen LogP contribution in [0.25, 0.3) is 0 Å². The predicted molar refractivity (Wildman–Crippen MR) is 519 cm³/mol. The first-order chi connectivity index (χ1) is 62.5. The van der Waals surface area contributed by atoms with Gasteiger partial charge in [0.1, 0.15) is 17.2 Å². The standard InChI is InChI=1S/C9H9NO2S2.C9H9NOS.2C8H6F3NOS.2C8H6F3NS2.C8H10N2O2S2.C8H9NO2S2.C8H9NS2.C7H8N2O2S2/c1-14(11,12)9-4-2-8(3-5-9)6-10-7-13;1-11-9-4-2-3-8(5-9)6-10-7-12;9-8(10,11)13-7-3-1-6(2-4-7)5-12-14;9-8(10,11)13-7-3-1-2-6(4-7)5-12-14;9-8(10,11)14-7-3-1-6(2-4-7)5-12-13;9-8(10,11)14-7-3-1-2-6(4-7)5-12-13;1-9-14(11,12)8-4-2-7(3-5-8)6-10-13;1-13(10,11)8-4-2-7(3-5-8)6-9-12;1-11-8-4-2-7(3-5-8)6-9-10;8-13(10,11)7-3-1-6(2-4-7)5-9-12/h2-5H,6H2,1H3;2-5H,6H2,1H3;4*1-4H,5H2;2-5,9H,6H2,1H3;2-5H,6H2,1H3;2-5H,6H2,1H3;1-4H,5H2,(H2,8,10,11). The first kappa shape index (κ1) is 122. The van der Waals surface area contributed by atoms with E-state index in [2.05, 4.69) is 224 Å². The van der Waals surface area contributed by atoms with Crippen molar-refractivity contribution >= 4 is 209 Å². The van der Waals surface area contributed by atoms with Crippen molar-refractivity contribution in [2.75, 3.05) is 32.9 Å². The van der Waals surface area contributed by atoms with Crippen LogP contribution >= 0.6 is 59.7 Å². The Morgan fingerprint density at radius 1 is 0.338 bits per heavy atom. The van der Waals surface area contributed by atoms with Gasteiger partial charge in [0, 0.05) is 127 Å². The number of methoxy groups -OCH3 is 1. The highest BCUT2D eigenvalue weighted by Gasteiger charge is 2.33.